The lowest BCUT2D eigenvalue weighted by atomic mass is 9.84. The van der Waals surface area contributed by atoms with Crippen molar-refractivity contribution in [3.63, 3.8) is 0 Å². The largest absolute Gasteiger partial charge is 0.465 e. The lowest BCUT2D eigenvalue weighted by molar-refractivity contribution is -0.152. The lowest BCUT2D eigenvalue weighted by Gasteiger charge is -2.43. The third kappa shape index (κ3) is 10.1. The molecule has 296 valence electrons. The van der Waals surface area contributed by atoms with Crippen molar-refractivity contribution in [1.29, 1.82) is 0 Å². The molecule has 0 spiro atoms. The van der Waals surface area contributed by atoms with Gasteiger partial charge in [-0.15, -0.1) is 0 Å². The summed E-state index contributed by atoms with van der Waals surface area (Å²) >= 11 is 0. The summed E-state index contributed by atoms with van der Waals surface area (Å²) in [7, 11) is 2.70. The predicted molar refractivity (Wildman–Crippen MR) is 202 cm³/mol. The molecule has 55 heavy (non-hydrogen) atoms. The second-order valence-corrected chi connectivity index (χ2v) is 16.0. The first kappa shape index (κ1) is 42.4. The number of hydrogen-bond donors (Lipinski definition) is 1. The normalized spacial score (nSPS) is 15.9. The van der Waals surface area contributed by atoms with Gasteiger partial charge in [0, 0.05) is 32.1 Å². The lowest BCUT2D eigenvalue weighted by Crippen LogP contribution is -2.62. The Kier molecular flexibility index (Phi) is 13.1. The third-order valence-electron chi connectivity index (χ3n) is 9.77. The number of benzene rings is 3. The highest BCUT2D eigenvalue weighted by atomic mass is 19.2. The molecule has 3 aromatic carbocycles. The number of fused-ring (bicyclic) bond motifs is 1. The van der Waals surface area contributed by atoms with Crippen LogP contribution in [0.25, 0.3) is 0 Å². The molecule has 0 aromatic heterocycles. The maximum atomic E-state index is 15.3. The van der Waals surface area contributed by atoms with E-state index in [1.807, 2.05) is 24.3 Å². The van der Waals surface area contributed by atoms with Crippen LogP contribution in [0.2, 0.25) is 0 Å². The van der Waals surface area contributed by atoms with E-state index in [2.05, 4.69) is 5.32 Å². The molecule has 4 rings (SSSR count). The molecule has 11 nitrogen and oxygen atoms in total. The number of rotatable bonds is 10. The highest BCUT2D eigenvalue weighted by molar-refractivity contribution is 5.95. The highest BCUT2D eigenvalue weighted by Gasteiger charge is 2.44. The van der Waals surface area contributed by atoms with Crippen molar-refractivity contribution in [2.24, 2.45) is 5.41 Å². The smallest absolute Gasteiger partial charge is 0.410 e. The number of methoxy groups -OCH3 is 1. The van der Waals surface area contributed by atoms with Crippen LogP contribution in [0.1, 0.15) is 94.0 Å². The van der Waals surface area contributed by atoms with E-state index in [1.54, 1.807) is 72.7 Å². The summed E-state index contributed by atoms with van der Waals surface area (Å²) in [5, 5.41) is 2.85. The Labute approximate surface area is 321 Å². The Morgan fingerprint density at radius 3 is 2.09 bits per heavy atom. The van der Waals surface area contributed by atoms with Gasteiger partial charge in [0.25, 0.3) is 0 Å². The second-order valence-electron chi connectivity index (χ2n) is 16.0. The molecule has 1 aliphatic heterocycles. The summed E-state index contributed by atoms with van der Waals surface area (Å²) in [6, 6.07) is 13.3. The van der Waals surface area contributed by atoms with Crippen LogP contribution in [0.4, 0.5) is 13.6 Å². The maximum Gasteiger partial charge on any atom is 0.410 e. The van der Waals surface area contributed by atoms with Gasteiger partial charge in [-0.25, -0.2) is 18.4 Å². The second kappa shape index (κ2) is 17.0. The van der Waals surface area contributed by atoms with Crippen molar-refractivity contribution in [3.05, 3.63) is 106 Å². The first-order valence-electron chi connectivity index (χ1n) is 18.2. The minimum absolute atomic E-state index is 0.0333. The molecular weight excluding hydrogens is 710 g/mol. The Morgan fingerprint density at radius 1 is 0.891 bits per heavy atom. The Bertz CT molecular complexity index is 1900. The fourth-order valence-electron chi connectivity index (χ4n) is 6.39. The number of nitrogens with zero attached hydrogens (tertiary/aromatic N) is 3. The standard InChI is InChI=1S/C42H52F2N4O7/c1-25(31-16-13-17-32(43)34(31)44)47(23-27-18-20-28(21-19-27)39(52)54-10)37(50)33-22-29-14-11-12-15-30(29)24-48(33)38(51)35(41(3,4)5)45-36(49)26(2)46(9)40(53)55-42(6,7)8/h11-21,25-26,33,35H,22-24H2,1-10H3,(H,45,49)/t25-,26+,33?,35-/m1/s1. The zero-order chi connectivity index (χ0) is 41.0. The monoisotopic (exact) mass is 762 g/mol. The van der Waals surface area contributed by atoms with Crippen LogP contribution >= 0.6 is 0 Å². The molecular formula is C42H52F2N4O7. The number of carbonyl (C=O) groups is 5. The molecule has 0 aliphatic carbocycles. The summed E-state index contributed by atoms with van der Waals surface area (Å²) in [6.45, 7) is 13.6. The van der Waals surface area contributed by atoms with Crippen molar-refractivity contribution in [2.75, 3.05) is 14.2 Å². The summed E-state index contributed by atoms with van der Waals surface area (Å²) in [4.78, 5) is 72.5. The minimum Gasteiger partial charge on any atom is -0.465 e. The number of hydrogen-bond acceptors (Lipinski definition) is 7. The van der Waals surface area contributed by atoms with Crippen LogP contribution in [0.3, 0.4) is 0 Å². The van der Waals surface area contributed by atoms with Gasteiger partial charge >= 0.3 is 12.1 Å². The van der Waals surface area contributed by atoms with Gasteiger partial charge in [-0.05, 0) is 74.9 Å². The molecule has 13 heteroatoms. The van der Waals surface area contributed by atoms with Crippen molar-refractivity contribution in [1.82, 2.24) is 20.0 Å². The number of carbonyl (C=O) groups excluding carboxylic acids is 5. The van der Waals surface area contributed by atoms with Crippen LogP contribution in [0, 0.1) is 17.0 Å². The maximum absolute atomic E-state index is 15.3. The van der Waals surface area contributed by atoms with Gasteiger partial charge in [-0.2, -0.15) is 0 Å². The van der Waals surface area contributed by atoms with Gasteiger partial charge in [-0.3, -0.25) is 19.3 Å². The van der Waals surface area contributed by atoms with E-state index in [-0.39, 0.29) is 30.6 Å². The molecule has 1 aliphatic rings. The van der Waals surface area contributed by atoms with E-state index in [9.17, 15) is 23.6 Å². The topological polar surface area (TPSA) is 126 Å². The Morgan fingerprint density at radius 2 is 1.51 bits per heavy atom. The van der Waals surface area contributed by atoms with E-state index in [4.69, 9.17) is 9.47 Å². The van der Waals surface area contributed by atoms with Crippen LogP contribution in [-0.4, -0.2) is 82.4 Å². The molecule has 0 saturated heterocycles. The highest BCUT2D eigenvalue weighted by Crippen LogP contribution is 2.33. The van der Waals surface area contributed by atoms with Gasteiger partial charge in [-0.1, -0.05) is 69.3 Å². The van der Waals surface area contributed by atoms with E-state index < -0.39 is 76.6 Å². The van der Waals surface area contributed by atoms with Gasteiger partial charge in [0.2, 0.25) is 17.7 Å². The van der Waals surface area contributed by atoms with E-state index in [0.29, 0.717) is 5.56 Å². The SMILES string of the molecule is COC(=O)c1ccc(CN(C(=O)C2Cc3ccccc3CN2C(=O)[C@@H](NC(=O)[C@H](C)N(C)C(=O)OC(C)(C)C)C(C)(C)C)[C@H](C)c2cccc(F)c2F)cc1. The third-order valence-corrected chi connectivity index (χ3v) is 9.77. The molecule has 0 saturated carbocycles. The summed E-state index contributed by atoms with van der Waals surface area (Å²) in [5.74, 6) is -4.39. The van der Waals surface area contributed by atoms with Crippen molar-refractivity contribution >= 4 is 29.8 Å². The molecule has 0 radical (unpaired) electrons. The molecule has 0 bridgehead atoms. The van der Waals surface area contributed by atoms with E-state index in [1.165, 1.54) is 43.0 Å². The molecule has 3 aromatic rings. The Balaban J connectivity index is 1.75. The van der Waals surface area contributed by atoms with Crippen molar-refractivity contribution in [2.45, 2.75) is 105 Å². The summed E-state index contributed by atoms with van der Waals surface area (Å²) in [6.07, 6.45) is -0.601. The molecule has 1 N–H and O–H groups in total. The molecule has 0 fully saturated rings. The number of halogens is 2. The van der Waals surface area contributed by atoms with Crippen LogP contribution in [0.15, 0.2) is 66.7 Å². The van der Waals surface area contributed by atoms with Gasteiger partial charge in [0.05, 0.1) is 18.7 Å². The van der Waals surface area contributed by atoms with Crippen LogP contribution < -0.4 is 5.32 Å². The van der Waals surface area contributed by atoms with Crippen molar-refractivity contribution < 1.29 is 42.2 Å². The van der Waals surface area contributed by atoms with E-state index >= 15 is 9.18 Å². The quantitative estimate of drug-likeness (QED) is 0.232. The average molecular weight is 763 g/mol. The molecule has 4 atom stereocenters. The average Bonchev–Trinajstić information content (AvgIpc) is 3.13. The predicted octanol–water partition coefficient (Wildman–Crippen LogP) is 6.58. The number of likely N-dealkylation sites (N-methyl/N-ethyl adjacent to an activating group) is 1. The van der Waals surface area contributed by atoms with Gasteiger partial charge < -0.3 is 24.6 Å². The number of ether oxygens (including phenoxy) is 2. The van der Waals surface area contributed by atoms with Crippen molar-refractivity contribution in [3.8, 4) is 0 Å². The zero-order valence-electron chi connectivity index (χ0n) is 33.2. The van der Waals surface area contributed by atoms with Gasteiger partial charge in [0.1, 0.15) is 23.7 Å². The minimum atomic E-state index is -1.15. The first-order valence-corrected chi connectivity index (χ1v) is 18.2. The van der Waals surface area contributed by atoms with E-state index in [0.717, 1.165) is 22.1 Å². The van der Waals surface area contributed by atoms with Crippen LogP contribution in [-0.2, 0) is 43.4 Å². The number of esters is 1. The number of nitrogens with one attached hydrogen (secondary N) is 1. The number of amides is 4. The fourth-order valence-corrected chi connectivity index (χ4v) is 6.39. The van der Waals surface area contributed by atoms with Crippen LogP contribution in [0.5, 0.6) is 0 Å². The molecule has 4 amide bonds. The van der Waals surface area contributed by atoms with Gasteiger partial charge in [0.15, 0.2) is 11.6 Å². The zero-order valence-corrected chi connectivity index (χ0v) is 33.2. The Hall–Kier alpha value is -5.33. The molecule has 1 heterocycles. The molecule has 1 unspecified atom stereocenters. The summed E-state index contributed by atoms with van der Waals surface area (Å²) in [5.41, 5.74) is 0.803. The first-order chi connectivity index (χ1) is 25.6. The summed E-state index contributed by atoms with van der Waals surface area (Å²) < 4.78 is 40.2. The fraction of sp³-hybridized carbons (Fsp3) is 0.452.